The molecular weight excluding hydrogens is 430 g/mol. The third-order valence-electron chi connectivity index (χ3n) is 5.41. The van der Waals surface area contributed by atoms with Gasteiger partial charge in [0.15, 0.2) is 0 Å². The number of thiophene rings is 1. The summed E-state index contributed by atoms with van der Waals surface area (Å²) in [5.74, 6) is -0.806. The lowest BCUT2D eigenvalue weighted by atomic mass is 10.0. The van der Waals surface area contributed by atoms with Crippen molar-refractivity contribution in [1.29, 1.82) is 0 Å². The Kier molecular flexibility index (Phi) is 6.31. The highest BCUT2D eigenvalue weighted by Crippen LogP contribution is 2.40. The van der Waals surface area contributed by atoms with Gasteiger partial charge in [-0.25, -0.2) is 0 Å². The summed E-state index contributed by atoms with van der Waals surface area (Å²) in [6, 6.07) is 11.0. The summed E-state index contributed by atoms with van der Waals surface area (Å²) < 4.78 is 1.21. The van der Waals surface area contributed by atoms with Crippen LogP contribution in [0.5, 0.6) is 0 Å². The summed E-state index contributed by atoms with van der Waals surface area (Å²) in [6.07, 6.45) is 4.44. The molecule has 3 aromatic rings. The molecular formula is C22H23N5O4S. The maximum absolute atomic E-state index is 13.4. The van der Waals surface area contributed by atoms with E-state index in [2.05, 4.69) is 10.4 Å². The predicted molar refractivity (Wildman–Crippen MR) is 122 cm³/mol. The predicted octanol–water partition coefficient (Wildman–Crippen LogP) is 4.09. The van der Waals surface area contributed by atoms with E-state index < -0.39 is 10.8 Å². The van der Waals surface area contributed by atoms with Crippen molar-refractivity contribution in [2.75, 3.05) is 18.4 Å². The first-order valence-electron chi connectivity index (χ1n) is 10.4. The van der Waals surface area contributed by atoms with Gasteiger partial charge < -0.3 is 20.3 Å². The van der Waals surface area contributed by atoms with Crippen LogP contribution >= 0.6 is 11.3 Å². The van der Waals surface area contributed by atoms with Crippen LogP contribution in [0.1, 0.15) is 35.2 Å². The summed E-state index contributed by atoms with van der Waals surface area (Å²) in [5.41, 5.74) is 2.32. The topological polar surface area (TPSA) is 110 Å². The lowest BCUT2D eigenvalue weighted by molar-refractivity contribution is -0.389. The van der Waals surface area contributed by atoms with E-state index in [4.69, 9.17) is 0 Å². The van der Waals surface area contributed by atoms with Crippen LogP contribution in [0.4, 0.5) is 10.8 Å². The lowest BCUT2D eigenvalue weighted by Crippen LogP contribution is -2.36. The van der Waals surface area contributed by atoms with E-state index in [1.54, 1.807) is 0 Å². The van der Waals surface area contributed by atoms with E-state index in [0.717, 1.165) is 35.3 Å². The Hall–Kier alpha value is -3.53. The average molecular weight is 454 g/mol. The number of benzene rings is 1. The van der Waals surface area contributed by atoms with E-state index in [-0.39, 0.29) is 18.3 Å². The van der Waals surface area contributed by atoms with Crippen molar-refractivity contribution >= 4 is 34.0 Å². The van der Waals surface area contributed by atoms with Gasteiger partial charge >= 0.3 is 5.82 Å². The summed E-state index contributed by atoms with van der Waals surface area (Å²) >= 11 is 1.36. The van der Waals surface area contributed by atoms with Crippen LogP contribution < -0.4 is 5.32 Å². The van der Waals surface area contributed by atoms with Crippen LogP contribution in [0.2, 0.25) is 0 Å². The Labute approximate surface area is 188 Å². The zero-order valence-electron chi connectivity index (χ0n) is 17.6. The van der Waals surface area contributed by atoms with Crippen molar-refractivity contribution in [1.82, 2.24) is 14.7 Å². The number of aromatic nitrogens is 2. The van der Waals surface area contributed by atoms with E-state index in [0.29, 0.717) is 23.7 Å². The molecule has 0 unspecified atom stereocenters. The number of carbonyl (C=O) groups is 2. The van der Waals surface area contributed by atoms with E-state index in [1.165, 1.54) is 28.3 Å². The second-order valence-electron chi connectivity index (χ2n) is 7.66. The molecule has 0 spiro atoms. The number of nitrogens with one attached hydrogen (secondary N) is 1. The second kappa shape index (κ2) is 9.31. The first kappa shape index (κ1) is 21.7. The maximum atomic E-state index is 13.4. The molecule has 1 aromatic carbocycles. The Balaban J connectivity index is 1.63. The minimum atomic E-state index is -0.613. The molecule has 3 heterocycles. The van der Waals surface area contributed by atoms with Gasteiger partial charge in [-0.05, 0) is 42.2 Å². The van der Waals surface area contributed by atoms with Crippen molar-refractivity contribution in [3.8, 4) is 10.4 Å². The Bertz CT molecular complexity index is 1150. The molecule has 2 aromatic heterocycles. The van der Waals surface area contributed by atoms with E-state index >= 15 is 0 Å². The van der Waals surface area contributed by atoms with Gasteiger partial charge in [0.05, 0.1) is 22.9 Å². The van der Waals surface area contributed by atoms with Crippen LogP contribution in [0.25, 0.3) is 10.4 Å². The number of nitrogens with zero attached hydrogens (tertiary/aromatic N) is 4. The number of hydrogen-bond acceptors (Lipinski definition) is 6. The molecule has 0 radical (unpaired) electrons. The van der Waals surface area contributed by atoms with E-state index in [1.807, 2.05) is 42.2 Å². The molecule has 0 bridgehead atoms. The third kappa shape index (κ3) is 4.54. The summed E-state index contributed by atoms with van der Waals surface area (Å²) in [6.45, 7) is 3.13. The number of nitro groups is 1. The molecule has 1 N–H and O–H groups in total. The van der Waals surface area contributed by atoms with Crippen LogP contribution in [-0.4, -0.2) is 44.5 Å². The number of hydrogen-bond donors (Lipinski definition) is 1. The summed E-state index contributed by atoms with van der Waals surface area (Å²) in [4.78, 5) is 39.1. The Morgan fingerprint density at radius 2 is 1.88 bits per heavy atom. The van der Waals surface area contributed by atoms with Crippen molar-refractivity contribution in [3.63, 3.8) is 0 Å². The minimum absolute atomic E-state index is 0.0781. The minimum Gasteiger partial charge on any atom is -0.358 e. The van der Waals surface area contributed by atoms with Crippen molar-refractivity contribution in [2.45, 2.75) is 32.7 Å². The van der Waals surface area contributed by atoms with Gasteiger partial charge in [-0.1, -0.05) is 30.3 Å². The molecule has 1 aliphatic rings. The summed E-state index contributed by atoms with van der Waals surface area (Å²) in [7, 11) is 0. The molecule has 9 nitrogen and oxygen atoms in total. The number of rotatable bonds is 6. The quantitative estimate of drug-likeness (QED) is 0.446. The third-order valence-corrected chi connectivity index (χ3v) is 6.67. The zero-order valence-corrected chi connectivity index (χ0v) is 18.4. The number of carbonyl (C=O) groups excluding carboxylic acids is 2. The Morgan fingerprint density at radius 1 is 1.16 bits per heavy atom. The van der Waals surface area contributed by atoms with Crippen LogP contribution in [-0.2, 0) is 11.3 Å². The SMILES string of the molecule is Cc1c(-c2ccccc2)sc(NC(=O)Cn2ccc([N+](=O)[O-])n2)c1C(=O)N1CCCCC1. The monoisotopic (exact) mass is 453 g/mol. The Morgan fingerprint density at radius 3 is 2.53 bits per heavy atom. The maximum Gasteiger partial charge on any atom is 0.389 e. The molecule has 1 saturated heterocycles. The fourth-order valence-electron chi connectivity index (χ4n) is 3.83. The highest BCUT2D eigenvalue weighted by atomic mass is 32.1. The molecule has 166 valence electrons. The standard InChI is InChI=1S/C22H23N5O4S/c1-15-19(22(29)25-11-6-3-7-12-25)21(32-20(15)16-8-4-2-5-9-16)23-18(28)14-26-13-10-17(24-26)27(30)31/h2,4-5,8-10,13H,3,6-7,11-12,14H2,1H3,(H,23,28). The van der Waals surface area contributed by atoms with Gasteiger partial charge in [0.25, 0.3) is 5.91 Å². The number of piperidine rings is 1. The lowest BCUT2D eigenvalue weighted by Gasteiger charge is -2.27. The molecule has 1 aliphatic heterocycles. The molecule has 0 saturated carbocycles. The van der Waals surface area contributed by atoms with Crippen LogP contribution in [0.15, 0.2) is 42.6 Å². The first-order valence-corrected chi connectivity index (χ1v) is 11.2. The van der Waals surface area contributed by atoms with Gasteiger partial charge in [0.1, 0.15) is 11.5 Å². The van der Waals surface area contributed by atoms with Crippen LogP contribution in [0, 0.1) is 17.0 Å². The molecule has 32 heavy (non-hydrogen) atoms. The molecule has 0 atom stereocenters. The van der Waals surface area contributed by atoms with Gasteiger partial charge in [-0.2, -0.15) is 4.68 Å². The fourth-order valence-corrected chi connectivity index (χ4v) is 5.05. The average Bonchev–Trinajstić information content (AvgIpc) is 3.39. The largest absolute Gasteiger partial charge is 0.389 e. The molecule has 0 aliphatic carbocycles. The molecule has 10 heteroatoms. The molecule has 1 fully saturated rings. The van der Waals surface area contributed by atoms with Crippen molar-refractivity contribution in [3.05, 3.63) is 63.8 Å². The number of likely N-dealkylation sites (tertiary alicyclic amines) is 1. The normalized spacial score (nSPS) is 13.7. The second-order valence-corrected chi connectivity index (χ2v) is 8.68. The number of anilines is 1. The van der Waals surface area contributed by atoms with Crippen molar-refractivity contribution < 1.29 is 14.5 Å². The van der Waals surface area contributed by atoms with Crippen molar-refractivity contribution in [2.24, 2.45) is 0 Å². The van der Waals surface area contributed by atoms with Gasteiger partial charge in [0.2, 0.25) is 5.91 Å². The van der Waals surface area contributed by atoms with Gasteiger partial charge in [0, 0.05) is 18.0 Å². The molecule has 2 amide bonds. The first-order chi connectivity index (χ1) is 15.4. The highest BCUT2D eigenvalue weighted by Gasteiger charge is 2.28. The van der Waals surface area contributed by atoms with Gasteiger partial charge in [-0.3, -0.25) is 9.59 Å². The van der Waals surface area contributed by atoms with E-state index in [9.17, 15) is 19.7 Å². The van der Waals surface area contributed by atoms with Gasteiger partial charge in [-0.15, -0.1) is 11.3 Å². The smallest absolute Gasteiger partial charge is 0.358 e. The highest BCUT2D eigenvalue weighted by molar-refractivity contribution is 7.20. The summed E-state index contributed by atoms with van der Waals surface area (Å²) in [5, 5.41) is 17.9. The van der Waals surface area contributed by atoms with Crippen LogP contribution in [0.3, 0.4) is 0 Å². The molecule has 4 rings (SSSR count). The fraction of sp³-hybridized carbons (Fsp3) is 0.318. The zero-order chi connectivity index (χ0) is 22.7. The number of amides is 2.